The van der Waals surface area contributed by atoms with Gasteiger partial charge in [-0.05, 0) is 36.2 Å². The Hall–Kier alpha value is -3.20. The van der Waals surface area contributed by atoms with Crippen molar-refractivity contribution in [2.75, 3.05) is 26.2 Å². The molecular formula is C23H22F4N4O. The van der Waals surface area contributed by atoms with Gasteiger partial charge in [-0.3, -0.25) is 9.69 Å². The van der Waals surface area contributed by atoms with Crippen molar-refractivity contribution >= 4 is 5.91 Å². The van der Waals surface area contributed by atoms with Crippen LogP contribution in [0.25, 0.3) is 5.69 Å². The molecule has 4 rings (SSSR count). The van der Waals surface area contributed by atoms with E-state index in [1.165, 1.54) is 17.0 Å². The Bertz CT molecular complexity index is 1060. The van der Waals surface area contributed by atoms with Gasteiger partial charge in [-0.15, -0.1) is 0 Å². The molecule has 1 aliphatic heterocycles. The van der Waals surface area contributed by atoms with E-state index in [9.17, 15) is 22.4 Å². The maximum Gasteiger partial charge on any atom is 0.434 e. The van der Waals surface area contributed by atoms with E-state index < -0.39 is 29.2 Å². The Morgan fingerprint density at radius 2 is 1.66 bits per heavy atom. The summed E-state index contributed by atoms with van der Waals surface area (Å²) in [6.45, 7) is 2.72. The molecule has 1 saturated heterocycles. The van der Waals surface area contributed by atoms with E-state index in [1.807, 2.05) is 30.3 Å². The summed E-state index contributed by atoms with van der Waals surface area (Å²) in [4.78, 5) is 16.7. The van der Waals surface area contributed by atoms with Gasteiger partial charge in [0.1, 0.15) is 5.82 Å². The summed E-state index contributed by atoms with van der Waals surface area (Å²) in [6.07, 6.45) is -3.20. The summed E-state index contributed by atoms with van der Waals surface area (Å²) >= 11 is 0. The molecule has 0 atom stereocenters. The van der Waals surface area contributed by atoms with Gasteiger partial charge >= 0.3 is 6.18 Å². The van der Waals surface area contributed by atoms with Crippen LogP contribution < -0.4 is 0 Å². The lowest BCUT2D eigenvalue weighted by atomic mass is 10.2. The second-order valence-electron chi connectivity index (χ2n) is 7.70. The topological polar surface area (TPSA) is 41.4 Å². The molecule has 0 aliphatic carbocycles. The van der Waals surface area contributed by atoms with Gasteiger partial charge in [-0.2, -0.15) is 18.3 Å². The fourth-order valence-corrected chi connectivity index (χ4v) is 3.90. The molecule has 5 nitrogen and oxygen atoms in total. The number of rotatable bonds is 4. The molecule has 168 valence electrons. The molecule has 2 aromatic carbocycles. The number of amides is 1. The van der Waals surface area contributed by atoms with Crippen molar-refractivity contribution in [3.8, 4) is 5.69 Å². The summed E-state index contributed by atoms with van der Waals surface area (Å²) in [5, 5.41) is 3.81. The minimum Gasteiger partial charge on any atom is -0.337 e. The van der Waals surface area contributed by atoms with Crippen LogP contribution in [0.4, 0.5) is 17.6 Å². The number of nitrogens with zero attached hydrogens (tertiary/aromatic N) is 4. The van der Waals surface area contributed by atoms with Crippen molar-refractivity contribution in [3.63, 3.8) is 0 Å². The molecule has 1 aliphatic rings. The van der Waals surface area contributed by atoms with Crippen LogP contribution in [0.1, 0.15) is 28.0 Å². The lowest BCUT2D eigenvalue weighted by Gasteiger charge is -2.22. The molecule has 9 heteroatoms. The van der Waals surface area contributed by atoms with Crippen molar-refractivity contribution in [2.24, 2.45) is 0 Å². The zero-order valence-corrected chi connectivity index (χ0v) is 17.2. The Morgan fingerprint density at radius 1 is 0.938 bits per heavy atom. The Labute approximate surface area is 182 Å². The third-order valence-corrected chi connectivity index (χ3v) is 5.46. The van der Waals surface area contributed by atoms with Crippen LogP contribution in [0.3, 0.4) is 0 Å². The molecule has 1 aromatic heterocycles. The molecule has 3 aromatic rings. The SMILES string of the molecule is O=C(c1cnn(-c2ccc(F)cc2)c1C(F)(F)F)N1CCCN(Cc2ccccc2)CC1. The predicted molar refractivity (Wildman–Crippen MR) is 111 cm³/mol. The van der Waals surface area contributed by atoms with Gasteiger partial charge in [-0.25, -0.2) is 9.07 Å². The van der Waals surface area contributed by atoms with Gasteiger partial charge < -0.3 is 4.90 Å². The van der Waals surface area contributed by atoms with Gasteiger partial charge in [0, 0.05) is 32.7 Å². The van der Waals surface area contributed by atoms with Crippen LogP contribution in [-0.4, -0.2) is 51.7 Å². The summed E-state index contributed by atoms with van der Waals surface area (Å²) in [7, 11) is 0. The Balaban J connectivity index is 1.54. The second kappa shape index (κ2) is 9.12. The van der Waals surface area contributed by atoms with Gasteiger partial charge in [0.2, 0.25) is 0 Å². The number of aromatic nitrogens is 2. The standard InChI is InChI=1S/C23H22F4N4O/c24-18-7-9-19(10-8-18)31-21(23(25,26)27)20(15-28-31)22(32)30-12-4-11-29(13-14-30)16-17-5-2-1-3-6-17/h1-3,5-10,15H,4,11-14,16H2. The molecule has 0 radical (unpaired) electrons. The number of carbonyl (C=O) groups is 1. The van der Waals surface area contributed by atoms with Crippen molar-refractivity contribution in [1.82, 2.24) is 19.6 Å². The van der Waals surface area contributed by atoms with Gasteiger partial charge in [0.05, 0.1) is 17.4 Å². The van der Waals surface area contributed by atoms with Gasteiger partial charge in [0.15, 0.2) is 5.69 Å². The van der Waals surface area contributed by atoms with Crippen molar-refractivity contribution in [1.29, 1.82) is 0 Å². The van der Waals surface area contributed by atoms with E-state index >= 15 is 0 Å². The third-order valence-electron chi connectivity index (χ3n) is 5.46. The highest BCUT2D eigenvalue weighted by atomic mass is 19.4. The number of halogens is 4. The maximum atomic E-state index is 13.9. The van der Waals surface area contributed by atoms with Crippen molar-refractivity contribution in [2.45, 2.75) is 19.1 Å². The number of benzene rings is 2. The van der Waals surface area contributed by atoms with E-state index in [-0.39, 0.29) is 5.69 Å². The Morgan fingerprint density at radius 3 is 2.34 bits per heavy atom. The minimum atomic E-state index is -4.80. The van der Waals surface area contributed by atoms with Crippen molar-refractivity contribution < 1.29 is 22.4 Å². The number of hydrogen-bond acceptors (Lipinski definition) is 3. The van der Waals surface area contributed by atoms with Crippen molar-refractivity contribution in [3.05, 3.63) is 83.4 Å². The summed E-state index contributed by atoms with van der Waals surface area (Å²) < 4.78 is 55.6. The lowest BCUT2D eigenvalue weighted by Crippen LogP contribution is -2.36. The molecule has 32 heavy (non-hydrogen) atoms. The summed E-state index contributed by atoms with van der Waals surface area (Å²) in [5.74, 6) is -1.28. The average Bonchev–Trinajstić information content (AvgIpc) is 3.10. The molecule has 1 amide bonds. The average molecular weight is 446 g/mol. The maximum absolute atomic E-state index is 13.9. The van der Waals surface area contributed by atoms with Crippen LogP contribution in [0.5, 0.6) is 0 Å². The first-order valence-electron chi connectivity index (χ1n) is 10.3. The zero-order chi connectivity index (χ0) is 22.7. The first-order valence-corrected chi connectivity index (χ1v) is 10.3. The van der Waals surface area contributed by atoms with Crippen LogP contribution in [-0.2, 0) is 12.7 Å². The molecule has 0 bridgehead atoms. The highest BCUT2D eigenvalue weighted by molar-refractivity contribution is 5.95. The lowest BCUT2D eigenvalue weighted by molar-refractivity contribution is -0.143. The normalized spacial score (nSPS) is 15.6. The predicted octanol–water partition coefficient (Wildman–Crippen LogP) is 4.38. The quantitative estimate of drug-likeness (QED) is 0.559. The van der Waals surface area contributed by atoms with Crippen LogP contribution in [0, 0.1) is 5.82 Å². The van der Waals surface area contributed by atoms with E-state index in [0.717, 1.165) is 37.0 Å². The molecule has 0 N–H and O–H groups in total. The molecule has 0 unspecified atom stereocenters. The summed E-state index contributed by atoms with van der Waals surface area (Å²) in [6, 6.07) is 14.4. The van der Waals surface area contributed by atoms with Gasteiger partial charge in [0.25, 0.3) is 5.91 Å². The highest BCUT2D eigenvalue weighted by Crippen LogP contribution is 2.34. The first-order chi connectivity index (χ1) is 15.3. The minimum absolute atomic E-state index is 0.0303. The highest BCUT2D eigenvalue weighted by Gasteiger charge is 2.41. The fraction of sp³-hybridized carbons (Fsp3) is 0.304. The first kappa shape index (κ1) is 22.0. The smallest absolute Gasteiger partial charge is 0.337 e. The van der Waals surface area contributed by atoms with Gasteiger partial charge in [-0.1, -0.05) is 30.3 Å². The monoisotopic (exact) mass is 446 g/mol. The number of hydrogen-bond donors (Lipinski definition) is 0. The van der Waals surface area contributed by atoms with E-state index in [0.29, 0.717) is 30.7 Å². The molecule has 2 heterocycles. The second-order valence-corrected chi connectivity index (χ2v) is 7.70. The van der Waals surface area contributed by atoms with E-state index in [2.05, 4.69) is 10.00 Å². The molecule has 0 spiro atoms. The molecule has 1 fully saturated rings. The van der Waals surface area contributed by atoms with E-state index in [1.54, 1.807) is 0 Å². The van der Waals surface area contributed by atoms with E-state index in [4.69, 9.17) is 0 Å². The fourth-order valence-electron chi connectivity index (χ4n) is 3.90. The van der Waals surface area contributed by atoms with Crippen LogP contribution >= 0.6 is 0 Å². The third kappa shape index (κ3) is 4.83. The zero-order valence-electron chi connectivity index (χ0n) is 17.2. The molecular weight excluding hydrogens is 424 g/mol. The van der Waals surface area contributed by atoms with Crippen LogP contribution in [0.15, 0.2) is 60.8 Å². The molecule has 0 saturated carbocycles. The number of carbonyl (C=O) groups excluding carboxylic acids is 1. The summed E-state index contributed by atoms with van der Waals surface area (Å²) in [5.41, 5.74) is -0.479. The Kier molecular flexibility index (Phi) is 6.27. The largest absolute Gasteiger partial charge is 0.434 e. The van der Waals surface area contributed by atoms with Crippen LogP contribution in [0.2, 0.25) is 0 Å². The number of alkyl halides is 3.